The zero-order chi connectivity index (χ0) is 54.2. The predicted octanol–water partition coefficient (Wildman–Crippen LogP) is -7.54. The SMILES string of the molecule is CCC(C)C(NC(=O)C(CC(N)=O)NC(=O)C(N)CO)C(=O)NC(CS)C(=O)NC(CC(C)C)C(=O)NC(C(=O)NC(CCCN=C(N)N)C(=O)NC(C(=O)NC(CC(=O)O)C(=O)O)C(C)O)C(C)O. The van der Waals surface area contributed by atoms with Gasteiger partial charge in [-0.2, -0.15) is 12.6 Å². The topological polar surface area (TPSA) is 502 Å². The fourth-order valence-corrected chi connectivity index (χ4v) is 6.40. The summed E-state index contributed by atoms with van der Waals surface area (Å²) in [6.07, 6.45) is -5.20. The second-order valence-electron chi connectivity index (χ2n) is 16.8. The molecule has 0 aromatic heterocycles. The van der Waals surface area contributed by atoms with Gasteiger partial charge in [0.05, 0.1) is 31.7 Å². The summed E-state index contributed by atoms with van der Waals surface area (Å²) >= 11 is 4.18. The molecule has 0 radical (unpaired) electrons. The number of hydrogen-bond donors (Lipinski definition) is 18. The minimum absolute atomic E-state index is 0.00232. The van der Waals surface area contributed by atoms with Gasteiger partial charge >= 0.3 is 11.9 Å². The molecule has 0 saturated carbocycles. The van der Waals surface area contributed by atoms with Crippen molar-refractivity contribution < 1.29 is 78.3 Å². The van der Waals surface area contributed by atoms with E-state index in [-0.39, 0.29) is 43.4 Å². The van der Waals surface area contributed by atoms with Crippen molar-refractivity contribution in [3.63, 3.8) is 0 Å². The lowest BCUT2D eigenvalue weighted by molar-refractivity contribution is -0.148. The number of aliphatic carboxylic acids is 2. The third-order valence-electron chi connectivity index (χ3n) is 10.2. The molecule has 0 aliphatic heterocycles. The summed E-state index contributed by atoms with van der Waals surface area (Å²) in [6, 6.07) is -14.7. The number of carboxylic acid groups (broad SMARTS) is 2. The van der Waals surface area contributed by atoms with Crippen LogP contribution in [0.1, 0.15) is 80.1 Å². The Labute approximate surface area is 409 Å². The highest BCUT2D eigenvalue weighted by atomic mass is 32.1. The molecule has 9 amide bonds. The van der Waals surface area contributed by atoms with Crippen LogP contribution in [-0.4, -0.2) is 182 Å². The number of nitrogens with one attached hydrogen (secondary N) is 8. The van der Waals surface area contributed by atoms with E-state index in [1.54, 1.807) is 27.7 Å². The molecule has 0 spiro atoms. The number of thiol groups is 1. The van der Waals surface area contributed by atoms with E-state index in [1.165, 1.54) is 0 Å². The van der Waals surface area contributed by atoms with Crippen molar-refractivity contribution in [2.45, 2.75) is 147 Å². The second-order valence-corrected chi connectivity index (χ2v) is 17.2. The first-order valence-electron chi connectivity index (χ1n) is 22.1. The van der Waals surface area contributed by atoms with Gasteiger partial charge < -0.3 is 91.0 Å². The molecular formula is C40H71N13O16S. The molecule has 0 bridgehead atoms. The minimum Gasteiger partial charge on any atom is -0.481 e. The maximum atomic E-state index is 13.9. The summed E-state index contributed by atoms with van der Waals surface area (Å²) in [5.41, 5.74) is 21.5. The number of hydrogen-bond acceptors (Lipinski definition) is 17. The molecule has 70 heavy (non-hydrogen) atoms. The van der Waals surface area contributed by atoms with E-state index in [1.807, 2.05) is 5.32 Å². The fourth-order valence-electron chi connectivity index (χ4n) is 6.15. The lowest BCUT2D eigenvalue weighted by atomic mass is 9.97. The highest BCUT2D eigenvalue weighted by molar-refractivity contribution is 7.80. The van der Waals surface area contributed by atoms with Gasteiger partial charge in [0.15, 0.2) is 5.96 Å². The molecule has 398 valence electrons. The summed E-state index contributed by atoms with van der Waals surface area (Å²) in [7, 11) is 0. The van der Waals surface area contributed by atoms with Crippen LogP contribution in [-0.2, 0) is 52.7 Å². The van der Waals surface area contributed by atoms with E-state index in [2.05, 4.69) is 54.8 Å². The molecule has 30 heteroatoms. The van der Waals surface area contributed by atoms with Crippen LogP contribution in [0.5, 0.6) is 0 Å². The van der Waals surface area contributed by atoms with Crippen molar-refractivity contribution in [3.05, 3.63) is 0 Å². The average Bonchev–Trinajstić information content (AvgIpc) is 3.26. The highest BCUT2D eigenvalue weighted by Gasteiger charge is 2.38. The molecular weight excluding hydrogens is 951 g/mol. The number of primary amides is 1. The van der Waals surface area contributed by atoms with Gasteiger partial charge in [-0.3, -0.25) is 52.9 Å². The Kier molecular flexibility index (Phi) is 28.8. The van der Waals surface area contributed by atoms with Crippen LogP contribution in [0, 0.1) is 11.8 Å². The van der Waals surface area contributed by atoms with E-state index >= 15 is 0 Å². The first-order chi connectivity index (χ1) is 32.5. The van der Waals surface area contributed by atoms with Gasteiger partial charge in [-0.15, -0.1) is 0 Å². The fraction of sp³-hybridized carbons (Fsp3) is 0.700. The van der Waals surface area contributed by atoms with Crippen molar-refractivity contribution in [1.82, 2.24) is 42.5 Å². The van der Waals surface area contributed by atoms with Crippen molar-refractivity contribution in [1.29, 1.82) is 0 Å². The van der Waals surface area contributed by atoms with Gasteiger partial charge in [0.2, 0.25) is 53.2 Å². The van der Waals surface area contributed by atoms with Crippen molar-refractivity contribution in [2.75, 3.05) is 18.9 Å². The van der Waals surface area contributed by atoms with E-state index in [9.17, 15) is 73.2 Å². The Bertz CT molecular complexity index is 1870. The lowest BCUT2D eigenvalue weighted by Gasteiger charge is -2.30. The molecule has 0 rings (SSSR count). The number of aliphatic hydroxyl groups is 3. The minimum atomic E-state index is -1.96. The number of carbonyl (C=O) groups excluding carboxylic acids is 9. The number of rotatable bonds is 33. The molecule has 29 nitrogen and oxygen atoms in total. The van der Waals surface area contributed by atoms with Gasteiger partial charge in [0, 0.05) is 12.3 Å². The third kappa shape index (κ3) is 23.3. The standard InChI is InChI=1S/C40H71N13O16S/c1-7-17(4)28(51-34(63)23(12-26(42)57)47-31(60)20(41)14-54)36(65)50-25(15-70)35(64)48-22(11-16(2)3)33(62)53-29(18(5)55)37(66)46-21(9-8-10-45-40(43)44)32(61)52-30(19(6)56)38(67)49-24(39(68)69)13-27(58)59/h16-25,28-30,54-56,70H,7-15,41H2,1-6H3,(H2,42,57)(H,46,66)(H,47,60)(H,48,64)(H,49,67)(H,50,65)(H,51,63)(H,52,61)(H,53,62)(H,58,59)(H,68,69)(H4,43,44,45). The normalized spacial score (nSPS) is 16.2. The Morgan fingerprint density at radius 2 is 1.00 bits per heavy atom. The molecule has 0 aliphatic rings. The number of guanidine groups is 1. The van der Waals surface area contributed by atoms with Crippen LogP contribution < -0.4 is 65.5 Å². The smallest absolute Gasteiger partial charge is 0.326 e. The lowest BCUT2D eigenvalue weighted by Crippen LogP contribution is -2.63. The zero-order valence-corrected chi connectivity index (χ0v) is 40.7. The number of nitrogens with two attached hydrogens (primary N) is 4. The quantitative estimate of drug-likeness (QED) is 0.0126. The van der Waals surface area contributed by atoms with Crippen LogP contribution >= 0.6 is 12.6 Å². The number of amides is 9. The molecule has 0 heterocycles. The number of nitrogens with zero attached hydrogens (tertiary/aromatic N) is 1. The summed E-state index contributed by atoms with van der Waals surface area (Å²) in [5, 5.41) is 67.1. The summed E-state index contributed by atoms with van der Waals surface area (Å²) in [5.74, 6) is -14.4. The van der Waals surface area contributed by atoms with E-state index < -0.39 is 157 Å². The van der Waals surface area contributed by atoms with Crippen LogP contribution in [0.2, 0.25) is 0 Å². The van der Waals surface area contributed by atoms with E-state index in [0.29, 0.717) is 6.42 Å². The van der Waals surface area contributed by atoms with Crippen LogP contribution in [0.25, 0.3) is 0 Å². The largest absolute Gasteiger partial charge is 0.481 e. The highest BCUT2D eigenvalue weighted by Crippen LogP contribution is 2.12. The van der Waals surface area contributed by atoms with Gasteiger partial charge in [0.25, 0.3) is 0 Å². The van der Waals surface area contributed by atoms with Crippen molar-refractivity contribution in [3.8, 4) is 0 Å². The van der Waals surface area contributed by atoms with Gasteiger partial charge in [-0.25, -0.2) is 4.79 Å². The molecule has 0 saturated heterocycles. The van der Waals surface area contributed by atoms with Crippen LogP contribution in [0.4, 0.5) is 0 Å². The second kappa shape index (κ2) is 31.7. The maximum Gasteiger partial charge on any atom is 0.326 e. The Morgan fingerprint density at radius 1 is 0.571 bits per heavy atom. The van der Waals surface area contributed by atoms with Crippen LogP contribution in [0.3, 0.4) is 0 Å². The monoisotopic (exact) mass is 1020 g/mol. The van der Waals surface area contributed by atoms with Gasteiger partial charge in [-0.05, 0) is 44.9 Å². The Hall–Kier alpha value is -6.37. The molecule has 0 aromatic rings. The summed E-state index contributed by atoms with van der Waals surface area (Å²) in [4.78, 5) is 146. The van der Waals surface area contributed by atoms with E-state index in [0.717, 1.165) is 13.8 Å². The molecule has 12 atom stereocenters. The number of aliphatic imine (C=N–C) groups is 1. The number of aliphatic hydroxyl groups excluding tert-OH is 3. The molecule has 0 aromatic carbocycles. The maximum absolute atomic E-state index is 13.9. The molecule has 21 N–H and O–H groups in total. The van der Waals surface area contributed by atoms with Gasteiger partial charge in [-0.1, -0.05) is 34.1 Å². The first-order valence-corrected chi connectivity index (χ1v) is 22.7. The third-order valence-corrected chi connectivity index (χ3v) is 10.6. The van der Waals surface area contributed by atoms with Crippen molar-refractivity contribution >= 4 is 83.7 Å². The molecule has 0 fully saturated rings. The predicted molar refractivity (Wildman–Crippen MR) is 250 cm³/mol. The summed E-state index contributed by atoms with van der Waals surface area (Å²) in [6.45, 7) is 7.95. The number of carbonyl (C=O) groups is 11. The Morgan fingerprint density at radius 3 is 1.43 bits per heavy atom. The van der Waals surface area contributed by atoms with Crippen molar-refractivity contribution in [2.24, 2.45) is 39.8 Å². The molecule has 0 aliphatic carbocycles. The molecule has 12 unspecified atom stereocenters. The summed E-state index contributed by atoms with van der Waals surface area (Å²) < 4.78 is 0. The number of carboxylic acids is 2. The van der Waals surface area contributed by atoms with Gasteiger partial charge in [0.1, 0.15) is 54.4 Å². The van der Waals surface area contributed by atoms with E-state index in [4.69, 9.17) is 28.0 Å². The van der Waals surface area contributed by atoms with Crippen LogP contribution in [0.15, 0.2) is 4.99 Å². The average molecular weight is 1020 g/mol. The Balaban J connectivity index is 6.54. The first kappa shape index (κ1) is 63.6. The zero-order valence-electron chi connectivity index (χ0n) is 39.8.